The van der Waals surface area contributed by atoms with Crippen LogP contribution in [0.4, 0.5) is 0 Å². The van der Waals surface area contributed by atoms with Crippen molar-refractivity contribution < 1.29 is 4.74 Å². The van der Waals surface area contributed by atoms with Crippen molar-refractivity contribution in [2.24, 2.45) is 7.05 Å². The van der Waals surface area contributed by atoms with Gasteiger partial charge in [-0.3, -0.25) is 4.79 Å². The van der Waals surface area contributed by atoms with E-state index in [1.165, 1.54) is 6.07 Å². The van der Waals surface area contributed by atoms with E-state index >= 15 is 0 Å². The molecule has 0 unspecified atom stereocenters. The first-order valence-electron chi connectivity index (χ1n) is 4.57. The molecule has 3 nitrogen and oxygen atoms in total. The number of rotatable bonds is 4. The average Bonchev–Trinajstić information content (AvgIpc) is 2.18. The molecule has 0 amide bonds. The first kappa shape index (κ1) is 11.9. The number of aromatic nitrogens is 1. The lowest BCUT2D eigenvalue weighted by atomic mass is 10.3. The number of halogens is 1. The summed E-state index contributed by atoms with van der Waals surface area (Å²) >= 11 is 5.67. The van der Waals surface area contributed by atoms with Crippen LogP contribution in [0.1, 0.15) is 12.6 Å². The van der Waals surface area contributed by atoms with Crippen LogP contribution in [0.5, 0.6) is 5.75 Å². The Morgan fingerprint density at radius 1 is 1.67 bits per heavy atom. The van der Waals surface area contributed by atoms with E-state index in [0.29, 0.717) is 18.2 Å². The zero-order valence-electron chi connectivity index (χ0n) is 8.92. The third kappa shape index (κ3) is 3.13. The first-order valence-corrected chi connectivity index (χ1v) is 5.10. The molecule has 1 rings (SSSR count). The van der Waals surface area contributed by atoms with Crippen LogP contribution in [0.2, 0.25) is 0 Å². The van der Waals surface area contributed by atoms with Crippen LogP contribution in [0.15, 0.2) is 29.2 Å². The second-order valence-electron chi connectivity index (χ2n) is 3.48. The smallest absolute Gasteiger partial charge is 0.223 e. The lowest BCUT2D eigenvalue weighted by molar-refractivity contribution is 0.346. The number of pyridine rings is 1. The minimum absolute atomic E-state index is 0.148. The Labute approximate surface area is 93.9 Å². The van der Waals surface area contributed by atoms with Gasteiger partial charge in [-0.1, -0.05) is 6.58 Å². The van der Waals surface area contributed by atoms with Gasteiger partial charge in [0.15, 0.2) is 5.75 Å². The Morgan fingerprint density at radius 3 is 2.87 bits per heavy atom. The summed E-state index contributed by atoms with van der Waals surface area (Å²) < 4.78 is 7.08. The van der Waals surface area contributed by atoms with Crippen LogP contribution in [0.25, 0.3) is 0 Å². The molecule has 0 aliphatic rings. The molecule has 15 heavy (non-hydrogen) atoms. The molecule has 1 heterocycles. The molecule has 0 saturated heterocycles. The molecule has 0 atom stereocenters. The van der Waals surface area contributed by atoms with Crippen LogP contribution in [0, 0.1) is 0 Å². The highest BCUT2D eigenvalue weighted by molar-refractivity contribution is 6.16. The largest absolute Gasteiger partial charge is 0.484 e. The van der Waals surface area contributed by atoms with Crippen LogP contribution >= 0.6 is 11.6 Å². The number of ether oxygens (including phenoxy) is 1. The average molecular weight is 228 g/mol. The van der Waals surface area contributed by atoms with E-state index in [4.69, 9.17) is 16.3 Å². The first-order chi connectivity index (χ1) is 7.04. The number of hydrogen-bond acceptors (Lipinski definition) is 2. The van der Waals surface area contributed by atoms with E-state index in [1.807, 2.05) is 14.0 Å². The maximum Gasteiger partial charge on any atom is 0.223 e. The number of nitrogens with zero attached hydrogens (tertiary/aromatic N) is 1. The lowest BCUT2D eigenvalue weighted by Crippen LogP contribution is -2.13. The van der Waals surface area contributed by atoms with Crippen molar-refractivity contribution in [3.05, 3.63) is 40.3 Å². The molecule has 0 aromatic carbocycles. The Morgan fingerprint density at radius 2 is 2.33 bits per heavy atom. The fraction of sp³-hybridized carbons (Fsp3) is 0.364. The maximum absolute atomic E-state index is 11.5. The quantitative estimate of drug-likeness (QED) is 0.583. The topological polar surface area (TPSA) is 31.2 Å². The zero-order chi connectivity index (χ0) is 11.4. The molecule has 0 aliphatic carbocycles. The molecule has 82 valence electrons. The second-order valence-corrected chi connectivity index (χ2v) is 3.75. The maximum atomic E-state index is 11.5. The second kappa shape index (κ2) is 5.03. The van der Waals surface area contributed by atoms with Crippen molar-refractivity contribution >= 4 is 11.6 Å². The predicted octanol–water partition coefficient (Wildman–Crippen LogP) is 2.08. The lowest BCUT2D eigenvalue weighted by Gasteiger charge is -2.09. The summed E-state index contributed by atoms with van der Waals surface area (Å²) in [5, 5.41) is 0. The summed E-state index contributed by atoms with van der Waals surface area (Å²) in [7, 11) is 1.82. The number of alkyl halides is 1. The highest BCUT2D eigenvalue weighted by Gasteiger charge is 2.04. The van der Waals surface area contributed by atoms with Gasteiger partial charge in [-0.2, -0.15) is 0 Å². The fourth-order valence-electron chi connectivity index (χ4n) is 1.09. The highest BCUT2D eigenvalue weighted by Crippen LogP contribution is 2.08. The van der Waals surface area contributed by atoms with Gasteiger partial charge in [0.05, 0.1) is 12.1 Å². The Kier molecular flexibility index (Phi) is 3.97. The summed E-state index contributed by atoms with van der Waals surface area (Å²) in [4.78, 5) is 11.5. The minimum Gasteiger partial charge on any atom is -0.484 e. The van der Waals surface area contributed by atoms with Crippen molar-refractivity contribution in [1.82, 2.24) is 4.57 Å². The van der Waals surface area contributed by atoms with E-state index in [2.05, 4.69) is 6.58 Å². The van der Waals surface area contributed by atoms with Gasteiger partial charge in [0.25, 0.3) is 0 Å². The SMILES string of the molecule is C=C(C)COc1cn(C)c(CCl)cc1=O. The summed E-state index contributed by atoms with van der Waals surface area (Å²) in [6.07, 6.45) is 1.64. The van der Waals surface area contributed by atoms with Crippen molar-refractivity contribution in [2.75, 3.05) is 6.61 Å². The summed E-state index contributed by atoms with van der Waals surface area (Å²) in [5.74, 6) is 0.640. The normalized spacial score (nSPS) is 10.1. The van der Waals surface area contributed by atoms with Gasteiger partial charge in [-0.15, -0.1) is 11.6 Å². The van der Waals surface area contributed by atoms with Gasteiger partial charge in [0.2, 0.25) is 5.43 Å². The van der Waals surface area contributed by atoms with Crippen LogP contribution in [-0.4, -0.2) is 11.2 Å². The van der Waals surface area contributed by atoms with Crippen LogP contribution < -0.4 is 10.2 Å². The highest BCUT2D eigenvalue weighted by atomic mass is 35.5. The van der Waals surface area contributed by atoms with E-state index in [0.717, 1.165) is 11.3 Å². The zero-order valence-corrected chi connectivity index (χ0v) is 9.67. The van der Waals surface area contributed by atoms with Crippen LogP contribution in [-0.2, 0) is 12.9 Å². The molecule has 4 heteroatoms. The van der Waals surface area contributed by atoms with E-state index < -0.39 is 0 Å². The van der Waals surface area contributed by atoms with Gasteiger partial charge in [0.1, 0.15) is 6.61 Å². The summed E-state index contributed by atoms with van der Waals surface area (Å²) in [6.45, 7) is 5.90. The standard InChI is InChI=1S/C11H14ClNO2/c1-8(2)7-15-11-6-13(3)9(5-12)4-10(11)14/h4,6H,1,5,7H2,2-3H3. The summed E-state index contributed by atoms with van der Waals surface area (Å²) in [6, 6.07) is 1.49. The van der Waals surface area contributed by atoms with E-state index in [-0.39, 0.29) is 5.43 Å². The van der Waals surface area contributed by atoms with Crippen LogP contribution in [0.3, 0.4) is 0 Å². The third-order valence-electron chi connectivity index (χ3n) is 1.92. The molecule has 0 radical (unpaired) electrons. The van der Waals surface area contributed by atoms with Gasteiger partial charge >= 0.3 is 0 Å². The molecule has 0 fully saturated rings. The van der Waals surface area contributed by atoms with E-state index in [9.17, 15) is 4.79 Å². The molecule has 1 aromatic heterocycles. The van der Waals surface area contributed by atoms with Crippen molar-refractivity contribution in [2.45, 2.75) is 12.8 Å². The van der Waals surface area contributed by atoms with E-state index in [1.54, 1.807) is 10.8 Å². The minimum atomic E-state index is -0.148. The van der Waals surface area contributed by atoms with Gasteiger partial charge in [-0.25, -0.2) is 0 Å². The number of aryl methyl sites for hydroxylation is 1. The van der Waals surface area contributed by atoms with Gasteiger partial charge < -0.3 is 9.30 Å². The molecule has 0 saturated carbocycles. The monoisotopic (exact) mass is 227 g/mol. The van der Waals surface area contributed by atoms with Gasteiger partial charge in [0, 0.05) is 18.8 Å². The van der Waals surface area contributed by atoms with Crippen molar-refractivity contribution in [3.8, 4) is 5.75 Å². The molecular weight excluding hydrogens is 214 g/mol. The molecule has 0 bridgehead atoms. The number of hydrogen-bond donors (Lipinski definition) is 0. The van der Waals surface area contributed by atoms with Gasteiger partial charge in [-0.05, 0) is 12.5 Å². The van der Waals surface area contributed by atoms with Crippen molar-refractivity contribution in [1.29, 1.82) is 0 Å². The predicted molar refractivity (Wildman–Crippen MR) is 61.5 cm³/mol. The summed E-state index contributed by atoms with van der Waals surface area (Å²) in [5.41, 5.74) is 1.49. The van der Waals surface area contributed by atoms with Crippen molar-refractivity contribution in [3.63, 3.8) is 0 Å². The molecule has 0 spiro atoms. The third-order valence-corrected chi connectivity index (χ3v) is 2.19. The molecule has 1 aromatic rings. The molecule has 0 aliphatic heterocycles. The molecule has 0 N–H and O–H groups in total. The Balaban J connectivity index is 2.95. The Hall–Kier alpha value is -1.22. The Bertz CT molecular complexity index is 423. The fourth-order valence-corrected chi connectivity index (χ4v) is 1.35. The molecular formula is C11H14ClNO2.